The van der Waals surface area contributed by atoms with Gasteiger partial charge in [0.15, 0.2) is 0 Å². The van der Waals surface area contributed by atoms with Gasteiger partial charge >= 0.3 is 5.69 Å². The van der Waals surface area contributed by atoms with Crippen LogP contribution in [0.1, 0.15) is 16.1 Å². The van der Waals surface area contributed by atoms with Gasteiger partial charge < -0.3 is 15.3 Å². The van der Waals surface area contributed by atoms with E-state index in [1.54, 1.807) is 23.6 Å². The van der Waals surface area contributed by atoms with Crippen LogP contribution >= 0.6 is 11.3 Å². The maximum atomic E-state index is 12.4. The number of hydrogen-bond donors (Lipinski definition) is 3. The van der Waals surface area contributed by atoms with Gasteiger partial charge in [-0.25, -0.2) is 9.78 Å². The highest BCUT2D eigenvalue weighted by atomic mass is 32.1. The molecule has 0 bridgehead atoms. The maximum Gasteiger partial charge on any atom is 0.323 e. The van der Waals surface area contributed by atoms with Gasteiger partial charge in [0, 0.05) is 16.6 Å². The van der Waals surface area contributed by atoms with E-state index in [-0.39, 0.29) is 11.6 Å². The first kappa shape index (κ1) is 15.3. The van der Waals surface area contributed by atoms with Gasteiger partial charge in [0.05, 0.1) is 11.0 Å². The Hall–Kier alpha value is -3.19. The van der Waals surface area contributed by atoms with Gasteiger partial charge in [-0.15, -0.1) is 11.3 Å². The van der Waals surface area contributed by atoms with Crippen molar-refractivity contribution in [1.29, 1.82) is 0 Å². The molecule has 0 saturated heterocycles. The van der Waals surface area contributed by atoms with Crippen molar-refractivity contribution in [2.24, 2.45) is 0 Å². The average molecular weight is 350 g/mol. The molecule has 0 unspecified atom stereocenters. The topological polar surface area (TPSA) is 90.6 Å². The van der Waals surface area contributed by atoms with Crippen LogP contribution in [0.15, 0.2) is 52.6 Å². The molecule has 4 rings (SSSR count). The average Bonchev–Trinajstić information content (AvgIpc) is 3.21. The minimum Gasteiger partial charge on any atom is -0.321 e. The van der Waals surface area contributed by atoms with E-state index in [0.29, 0.717) is 22.4 Å². The van der Waals surface area contributed by atoms with Crippen molar-refractivity contribution in [3.05, 3.63) is 69.6 Å². The minimum absolute atomic E-state index is 0.277. The van der Waals surface area contributed by atoms with Crippen LogP contribution in [0, 0.1) is 6.92 Å². The number of anilines is 1. The molecule has 6 nitrogen and oxygen atoms in total. The van der Waals surface area contributed by atoms with Crippen molar-refractivity contribution in [3.63, 3.8) is 0 Å². The highest BCUT2D eigenvalue weighted by molar-refractivity contribution is 7.13. The predicted molar refractivity (Wildman–Crippen MR) is 99.2 cm³/mol. The summed E-state index contributed by atoms with van der Waals surface area (Å²) in [7, 11) is 0. The predicted octanol–water partition coefficient (Wildman–Crippen LogP) is 3.54. The van der Waals surface area contributed by atoms with E-state index in [9.17, 15) is 9.59 Å². The number of rotatable bonds is 3. The molecule has 0 fully saturated rings. The number of hydrogen-bond acceptors (Lipinski definition) is 4. The Labute approximate surface area is 146 Å². The molecular weight excluding hydrogens is 336 g/mol. The molecule has 0 atom stereocenters. The van der Waals surface area contributed by atoms with Crippen LogP contribution < -0.4 is 11.0 Å². The number of amides is 1. The Kier molecular flexibility index (Phi) is 3.70. The second kappa shape index (κ2) is 6.03. The summed E-state index contributed by atoms with van der Waals surface area (Å²) in [4.78, 5) is 33.4. The maximum absolute atomic E-state index is 12.4. The Morgan fingerprint density at radius 2 is 1.84 bits per heavy atom. The second-order valence-corrected chi connectivity index (χ2v) is 6.56. The van der Waals surface area contributed by atoms with Gasteiger partial charge in [-0.05, 0) is 25.1 Å². The highest BCUT2D eigenvalue weighted by Gasteiger charge is 2.12. The number of benzene rings is 2. The summed E-state index contributed by atoms with van der Waals surface area (Å²) >= 11 is 1.43. The number of nitrogens with zero attached hydrogens (tertiary/aromatic N) is 1. The molecule has 0 aliphatic heterocycles. The Morgan fingerprint density at radius 3 is 2.64 bits per heavy atom. The first-order valence-electron chi connectivity index (χ1n) is 7.64. The Bertz CT molecular complexity index is 1120. The molecule has 4 aromatic rings. The lowest BCUT2D eigenvalue weighted by Crippen LogP contribution is -2.12. The third-order valence-corrected chi connectivity index (χ3v) is 4.70. The molecule has 7 heteroatoms. The van der Waals surface area contributed by atoms with Gasteiger partial charge in [-0.2, -0.15) is 0 Å². The van der Waals surface area contributed by atoms with Crippen molar-refractivity contribution < 1.29 is 4.79 Å². The van der Waals surface area contributed by atoms with Crippen LogP contribution in [0.3, 0.4) is 0 Å². The summed E-state index contributed by atoms with van der Waals surface area (Å²) in [6, 6.07) is 13.2. The van der Waals surface area contributed by atoms with Gasteiger partial charge in [0.2, 0.25) is 0 Å². The zero-order valence-electron chi connectivity index (χ0n) is 13.3. The van der Waals surface area contributed by atoms with Gasteiger partial charge in [-0.3, -0.25) is 4.79 Å². The lowest BCUT2D eigenvalue weighted by molar-refractivity contribution is 0.102. The summed E-state index contributed by atoms with van der Waals surface area (Å²) in [5.74, 6) is -0.285. The largest absolute Gasteiger partial charge is 0.323 e. The number of thiazole rings is 1. The van der Waals surface area contributed by atoms with E-state index in [1.165, 1.54) is 16.9 Å². The van der Waals surface area contributed by atoms with Crippen molar-refractivity contribution in [1.82, 2.24) is 15.0 Å². The zero-order chi connectivity index (χ0) is 17.4. The highest BCUT2D eigenvalue weighted by Crippen LogP contribution is 2.24. The molecule has 2 heterocycles. The van der Waals surface area contributed by atoms with Crippen LogP contribution in [0.25, 0.3) is 21.6 Å². The molecule has 0 aliphatic rings. The van der Waals surface area contributed by atoms with Gasteiger partial charge in [-0.1, -0.05) is 29.8 Å². The third-order valence-electron chi connectivity index (χ3n) is 3.81. The van der Waals surface area contributed by atoms with Crippen LogP contribution in [0.4, 0.5) is 5.69 Å². The Balaban J connectivity index is 1.56. The molecule has 1 amide bonds. The van der Waals surface area contributed by atoms with Crippen LogP contribution in [-0.2, 0) is 0 Å². The molecule has 25 heavy (non-hydrogen) atoms. The summed E-state index contributed by atoms with van der Waals surface area (Å²) in [6.07, 6.45) is 0. The smallest absolute Gasteiger partial charge is 0.321 e. The molecule has 3 N–H and O–H groups in total. The summed E-state index contributed by atoms with van der Waals surface area (Å²) in [6.45, 7) is 2.03. The van der Waals surface area contributed by atoms with E-state index in [4.69, 9.17) is 0 Å². The van der Waals surface area contributed by atoms with E-state index in [1.807, 2.05) is 31.2 Å². The van der Waals surface area contributed by atoms with Crippen molar-refractivity contribution in [2.45, 2.75) is 6.92 Å². The summed E-state index contributed by atoms with van der Waals surface area (Å²) in [5.41, 5.74) is 4.18. The van der Waals surface area contributed by atoms with Crippen molar-refractivity contribution >= 4 is 34.0 Å². The molecule has 0 saturated carbocycles. The van der Waals surface area contributed by atoms with Gasteiger partial charge in [0.25, 0.3) is 5.91 Å². The standard InChI is InChI=1S/C18H14N4O2S/c1-10-2-4-11(5-3-10)17-20-15(9-25-17)16(23)19-12-6-7-13-14(8-12)22-18(24)21-13/h2-9H,1H3,(H,19,23)(H2,21,22,24). The molecule has 0 radical (unpaired) electrons. The van der Waals surface area contributed by atoms with Crippen molar-refractivity contribution in [2.75, 3.05) is 5.32 Å². The zero-order valence-corrected chi connectivity index (χ0v) is 14.1. The molecule has 124 valence electrons. The number of aromatic amines is 2. The number of H-pyrrole nitrogens is 2. The first-order chi connectivity index (χ1) is 12.1. The number of carbonyl (C=O) groups is 1. The summed E-state index contributed by atoms with van der Waals surface area (Å²) in [5, 5.41) is 5.34. The number of fused-ring (bicyclic) bond motifs is 1. The van der Waals surface area contributed by atoms with Crippen LogP contribution in [0.5, 0.6) is 0 Å². The fraction of sp³-hybridized carbons (Fsp3) is 0.0556. The van der Waals surface area contributed by atoms with Crippen LogP contribution in [0.2, 0.25) is 0 Å². The number of nitrogens with one attached hydrogen (secondary N) is 3. The monoisotopic (exact) mass is 350 g/mol. The fourth-order valence-corrected chi connectivity index (χ4v) is 3.32. The Morgan fingerprint density at radius 1 is 1.08 bits per heavy atom. The molecule has 0 aliphatic carbocycles. The molecule has 2 aromatic carbocycles. The van der Waals surface area contributed by atoms with Crippen molar-refractivity contribution in [3.8, 4) is 10.6 Å². The van der Waals surface area contributed by atoms with E-state index in [0.717, 1.165) is 10.6 Å². The number of aryl methyl sites for hydroxylation is 1. The quantitative estimate of drug-likeness (QED) is 0.528. The van der Waals surface area contributed by atoms with E-state index >= 15 is 0 Å². The third kappa shape index (κ3) is 3.09. The SMILES string of the molecule is Cc1ccc(-c2nc(C(=O)Nc3ccc4[nH]c(=O)[nH]c4c3)cs2)cc1. The summed E-state index contributed by atoms with van der Waals surface area (Å²) < 4.78 is 0. The fourth-order valence-electron chi connectivity index (χ4n) is 2.51. The number of aromatic nitrogens is 3. The molecular formula is C18H14N4O2S. The minimum atomic E-state index is -0.285. The lowest BCUT2D eigenvalue weighted by atomic mass is 10.2. The second-order valence-electron chi connectivity index (χ2n) is 5.70. The normalized spacial score (nSPS) is 10.9. The molecule has 0 spiro atoms. The number of imidazole rings is 1. The first-order valence-corrected chi connectivity index (χ1v) is 8.52. The molecule has 2 aromatic heterocycles. The lowest BCUT2D eigenvalue weighted by Gasteiger charge is -2.03. The van der Waals surface area contributed by atoms with Gasteiger partial charge in [0.1, 0.15) is 10.7 Å². The van der Waals surface area contributed by atoms with E-state index < -0.39 is 0 Å². The van der Waals surface area contributed by atoms with E-state index in [2.05, 4.69) is 20.3 Å². The van der Waals surface area contributed by atoms with Crippen LogP contribution in [-0.4, -0.2) is 20.9 Å². The number of carbonyl (C=O) groups excluding carboxylic acids is 1.